The molecule has 1 unspecified atom stereocenters. The molecule has 0 spiro atoms. The fraction of sp³-hybridized carbons (Fsp3) is 0.533. The molecule has 0 saturated carbocycles. The average Bonchev–Trinajstić information content (AvgIpc) is 3.10. The summed E-state index contributed by atoms with van der Waals surface area (Å²) in [5.74, 6) is 5.72. The summed E-state index contributed by atoms with van der Waals surface area (Å²) in [4.78, 5) is 15.3. The van der Waals surface area contributed by atoms with Crippen LogP contribution >= 0.6 is 11.3 Å². The Labute approximate surface area is 124 Å². The van der Waals surface area contributed by atoms with Crippen molar-refractivity contribution in [2.24, 2.45) is 5.73 Å². The summed E-state index contributed by atoms with van der Waals surface area (Å²) in [6.07, 6.45) is 2.39. The Balaban J connectivity index is 1.93. The smallest absolute Gasteiger partial charge is 0.262 e. The minimum absolute atomic E-state index is 0.0238. The number of likely N-dealkylation sites (tertiary alicyclic amines) is 1. The molecule has 3 N–H and O–H groups in total. The van der Waals surface area contributed by atoms with Gasteiger partial charge in [-0.3, -0.25) is 9.69 Å². The van der Waals surface area contributed by atoms with Gasteiger partial charge in [-0.15, -0.1) is 11.3 Å². The molecule has 4 nitrogen and oxygen atoms in total. The molecule has 1 saturated heterocycles. The lowest BCUT2D eigenvalue weighted by molar-refractivity contribution is 0.0945. The predicted octanol–water partition coefficient (Wildman–Crippen LogP) is 1.27. The van der Waals surface area contributed by atoms with E-state index < -0.39 is 0 Å². The number of thiophene rings is 1. The minimum Gasteiger partial charge on any atom is -0.350 e. The van der Waals surface area contributed by atoms with Crippen LogP contribution in [0.3, 0.4) is 0 Å². The number of nitrogens with zero attached hydrogens (tertiary/aromatic N) is 1. The largest absolute Gasteiger partial charge is 0.350 e. The summed E-state index contributed by atoms with van der Waals surface area (Å²) in [5, 5.41) is 4.93. The van der Waals surface area contributed by atoms with Crippen LogP contribution in [0.25, 0.3) is 0 Å². The number of nitrogens with one attached hydrogen (secondary N) is 1. The maximum absolute atomic E-state index is 12.2. The van der Waals surface area contributed by atoms with Gasteiger partial charge in [0.15, 0.2) is 0 Å². The van der Waals surface area contributed by atoms with Crippen molar-refractivity contribution in [2.45, 2.75) is 25.8 Å². The van der Waals surface area contributed by atoms with E-state index in [1.54, 1.807) is 0 Å². The number of carbonyl (C=O) groups excluding carboxylic acids is 1. The van der Waals surface area contributed by atoms with Crippen molar-refractivity contribution < 1.29 is 4.79 Å². The predicted molar refractivity (Wildman–Crippen MR) is 82.9 cm³/mol. The maximum atomic E-state index is 12.2. The number of hydrogen-bond donors (Lipinski definition) is 2. The van der Waals surface area contributed by atoms with Gasteiger partial charge in [-0.1, -0.05) is 18.8 Å². The number of carbonyl (C=O) groups is 1. The molecule has 1 aliphatic rings. The first-order valence-corrected chi connectivity index (χ1v) is 7.93. The normalized spacial score (nSPS) is 18.6. The number of amides is 1. The summed E-state index contributed by atoms with van der Waals surface area (Å²) in [6, 6.07) is 2.35. The van der Waals surface area contributed by atoms with E-state index in [0.717, 1.165) is 18.7 Å². The second-order valence-electron chi connectivity index (χ2n) is 4.80. The number of nitrogens with two attached hydrogens (primary N) is 1. The van der Waals surface area contributed by atoms with E-state index in [1.165, 1.54) is 24.2 Å². The SMILES string of the molecule is CCN1CCCC1CNC(=O)c1sccc1C#CCN. The first-order valence-electron chi connectivity index (χ1n) is 7.05. The molecule has 0 radical (unpaired) electrons. The highest BCUT2D eigenvalue weighted by molar-refractivity contribution is 7.12. The van der Waals surface area contributed by atoms with Crippen LogP contribution in [0.4, 0.5) is 0 Å². The van der Waals surface area contributed by atoms with Crippen LogP contribution in [0.5, 0.6) is 0 Å². The third-order valence-corrected chi connectivity index (χ3v) is 4.51. The summed E-state index contributed by atoms with van der Waals surface area (Å²) in [5.41, 5.74) is 6.14. The Bertz CT molecular complexity index is 515. The molecule has 20 heavy (non-hydrogen) atoms. The Hall–Kier alpha value is -1.35. The molecule has 0 aromatic carbocycles. The first-order chi connectivity index (χ1) is 9.76. The minimum atomic E-state index is -0.0238. The number of hydrogen-bond acceptors (Lipinski definition) is 4. The summed E-state index contributed by atoms with van der Waals surface area (Å²) in [7, 11) is 0. The second kappa shape index (κ2) is 7.44. The molecule has 2 rings (SSSR count). The highest BCUT2D eigenvalue weighted by Gasteiger charge is 2.23. The zero-order chi connectivity index (χ0) is 14.4. The number of likely N-dealkylation sites (N-methyl/N-ethyl adjacent to an activating group) is 1. The summed E-state index contributed by atoms with van der Waals surface area (Å²) < 4.78 is 0. The van der Waals surface area contributed by atoms with E-state index in [1.807, 2.05) is 11.4 Å². The Morgan fingerprint density at radius 1 is 1.65 bits per heavy atom. The van der Waals surface area contributed by atoms with Gasteiger partial charge < -0.3 is 11.1 Å². The van der Waals surface area contributed by atoms with Crippen LogP contribution in [0.15, 0.2) is 11.4 Å². The van der Waals surface area contributed by atoms with Crippen molar-refractivity contribution in [1.29, 1.82) is 0 Å². The van der Waals surface area contributed by atoms with Crippen LogP contribution in [-0.4, -0.2) is 43.0 Å². The number of rotatable bonds is 4. The van der Waals surface area contributed by atoms with Gasteiger partial charge in [0.05, 0.1) is 6.54 Å². The fourth-order valence-electron chi connectivity index (χ4n) is 2.56. The van der Waals surface area contributed by atoms with Crippen LogP contribution in [0.1, 0.15) is 35.0 Å². The van der Waals surface area contributed by atoms with Crippen molar-refractivity contribution in [1.82, 2.24) is 10.2 Å². The molecular weight excluding hydrogens is 270 g/mol. The van der Waals surface area contributed by atoms with Gasteiger partial charge in [-0.2, -0.15) is 0 Å². The second-order valence-corrected chi connectivity index (χ2v) is 5.72. The van der Waals surface area contributed by atoms with Crippen LogP contribution in [0.2, 0.25) is 0 Å². The molecule has 1 aromatic rings. The highest BCUT2D eigenvalue weighted by Crippen LogP contribution is 2.18. The summed E-state index contributed by atoms with van der Waals surface area (Å²) >= 11 is 1.43. The molecular formula is C15H21N3OS. The van der Waals surface area contributed by atoms with E-state index >= 15 is 0 Å². The molecule has 1 atom stereocenters. The Morgan fingerprint density at radius 3 is 3.25 bits per heavy atom. The van der Waals surface area contributed by atoms with Gasteiger partial charge in [0, 0.05) is 18.2 Å². The van der Waals surface area contributed by atoms with Crippen molar-refractivity contribution >= 4 is 17.2 Å². The molecule has 1 aliphatic heterocycles. The van der Waals surface area contributed by atoms with E-state index in [-0.39, 0.29) is 5.91 Å². The highest BCUT2D eigenvalue weighted by atomic mass is 32.1. The third kappa shape index (κ3) is 3.60. The van der Waals surface area contributed by atoms with Crippen LogP contribution in [0, 0.1) is 11.8 Å². The van der Waals surface area contributed by atoms with Crippen molar-refractivity contribution in [2.75, 3.05) is 26.2 Å². The van der Waals surface area contributed by atoms with Crippen LogP contribution in [-0.2, 0) is 0 Å². The standard InChI is InChI=1S/C15H21N3OS/c1-2-18-9-4-6-13(18)11-17-15(19)14-12(5-3-8-16)7-10-20-14/h7,10,13H,2,4,6,8-9,11,16H2,1H3,(H,17,19). The average molecular weight is 291 g/mol. The Kier molecular flexibility index (Phi) is 5.60. The third-order valence-electron chi connectivity index (χ3n) is 3.60. The van der Waals surface area contributed by atoms with Gasteiger partial charge in [0.2, 0.25) is 0 Å². The summed E-state index contributed by atoms with van der Waals surface area (Å²) in [6.45, 7) is 5.38. The molecule has 2 heterocycles. The van der Waals surface area contributed by atoms with Crippen molar-refractivity contribution in [3.05, 3.63) is 21.9 Å². The zero-order valence-electron chi connectivity index (χ0n) is 11.8. The lowest BCUT2D eigenvalue weighted by Gasteiger charge is -2.22. The van der Waals surface area contributed by atoms with E-state index in [2.05, 4.69) is 29.0 Å². The van der Waals surface area contributed by atoms with Crippen LogP contribution < -0.4 is 11.1 Å². The molecule has 0 aliphatic carbocycles. The monoisotopic (exact) mass is 291 g/mol. The molecule has 1 amide bonds. The van der Waals surface area contributed by atoms with Gasteiger partial charge in [0.1, 0.15) is 4.88 Å². The van der Waals surface area contributed by atoms with Gasteiger partial charge in [0.25, 0.3) is 5.91 Å². The quantitative estimate of drug-likeness (QED) is 0.822. The Morgan fingerprint density at radius 2 is 2.50 bits per heavy atom. The molecule has 0 bridgehead atoms. The molecule has 1 aromatic heterocycles. The molecule has 1 fully saturated rings. The lowest BCUT2D eigenvalue weighted by Crippen LogP contribution is -2.39. The van der Waals surface area contributed by atoms with E-state index in [9.17, 15) is 4.79 Å². The topological polar surface area (TPSA) is 58.4 Å². The fourth-order valence-corrected chi connectivity index (χ4v) is 3.33. The van der Waals surface area contributed by atoms with Gasteiger partial charge in [-0.25, -0.2) is 0 Å². The maximum Gasteiger partial charge on any atom is 0.262 e. The molecule has 5 heteroatoms. The van der Waals surface area contributed by atoms with Gasteiger partial charge in [-0.05, 0) is 37.4 Å². The first kappa shape index (κ1) is 15.0. The lowest BCUT2D eigenvalue weighted by atomic mass is 10.2. The van der Waals surface area contributed by atoms with Crippen molar-refractivity contribution in [3.8, 4) is 11.8 Å². The van der Waals surface area contributed by atoms with Gasteiger partial charge >= 0.3 is 0 Å². The van der Waals surface area contributed by atoms with Crippen molar-refractivity contribution in [3.63, 3.8) is 0 Å². The van der Waals surface area contributed by atoms with E-state index in [4.69, 9.17) is 5.73 Å². The molecule has 108 valence electrons. The van der Waals surface area contributed by atoms with E-state index in [0.29, 0.717) is 24.0 Å². The zero-order valence-corrected chi connectivity index (χ0v) is 12.6.